The topological polar surface area (TPSA) is 0 Å². The Kier molecular flexibility index (Phi) is 24.9. The summed E-state index contributed by atoms with van der Waals surface area (Å²) in [7, 11) is 0. The number of aryl methyl sites for hydroxylation is 3. The highest BCUT2D eigenvalue weighted by atomic mass is 14.1. The molecule has 386 valence electrons. The Balaban J connectivity index is 0.000000155. The molecular formula is C78H74. The predicted molar refractivity (Wildman–Crippen MR) is 343 cm³/mol. The smallest absolute Gasteiger partial charge is 0.0154 e. The van der Waals surface area contributed by atoms with Gasteiger partial charge in [0.05, 0.1) is 0 Å². The van der Waals surface area contributed by atoms with Gasteiger partial charge in [-0.05, 0) is 114 Å². The van der Waals surface area contributed by atoms with E-state index in [1.807, 2.05) is 86.7 Å². The van der Waals surface area contributed by atoms with Gasteiger partial charge in [0, 0.05) is 0 Å². The molecule has 0 nitrogen and oxygen atoms in total. The Hall–Kier alpha value is -9.36. The fourth-order valence-corrected chi connectivity index (χ4v) is 8.24. The average molecular weight is 1010 g/mol. The van der Waals surface area contributed by atoms with Crippen molar-refractivity contribution >= 4 is 17.7 Å². The van der Waals surface area contributed by atoms with Crippen molar-refractivity contribution in [3.05, 3.63) is 367 Å². The van der Waals surface area contributed by atoms with Crippen LogP contribution in [0.15, 0.2) is 328 Å². The van der Waals surface area contributed by atoms with Gasteiger partial charge in [0.25, 0.3) is 0 Å². The molecule has 0 aliphatic carbocycles. The van der Waals surface area contributed by atoms with E-state index in [1.54, 1.807) is 0 Å². The van der Waals surface area contributed by atoms with Crippen LogP contribution >= 0.6 is 0 Å². The Morgan fingerprint density at radius 2 is 0.436 bits per heavy atom. The Morgan fingerprint density at radius 3 is 0.705 bits per heavy atom. The van der Waals surface area contributed by atoms with Crippen molar-refractivity contribution in [1.82, 2.24) is 0 Å². The van der Waals surface area contributed by atoms with Crippen molar-refractivity contribution in [2.45, 2.75) is 41.5 Å². The summed E-state index contributed by atoms with van der Waals surface area (Å²) >= 11 is 0. The van der Waals surface area contributed by atoms with Crippen molar-refractivity contribution in [2.24, 2.45) is 0 Å². The van der Waals surface area contributed by atoms with E-state index in [0.717, 1.165) is 0 Å². The molecule has 0 atom stereocenters. The van der Waals surface area contributed by atoms with Crippen LogP contribution in [-0.2, 0) is 0 Å². The second-order valence-electron chi connectivity index (χ2n) is 18.5. The Morgan fingerprint density at radius 1 is 0.218 bits per heavy atom. The molecule has 0 saturated carbocycles. The maximum Gasteiger partial charge on any atom is -0.0154 e. The van der Waals surface area contributed by atoms with E-state index in [4.69, 9.17) is 0 Å². The third-order valence-electron chi connectivity index (χ3n) is 12.5. The van der Waals surface area contributed by atoms with E-state index in [-0.39, 0.29) is 0 Å². The lowest BCUT2D eigenvalue weighted by molar-refractivity contribution is 1.47. The Bertz CT molecular complexity index is 3340. The molecule has 0 unspecified atom stereocenters. The monoisotopic (exact) mass is 1010 g/mol. The van der Waals surface area contributed by atoms with Gasteiger partial charge < -0.3 is 0 Å². The zero-order valence-electron chi connectivity index (χ0n) is 46.3. The molecule has 0 N–H and O–H groups in total. The van der Waals surface area contributed by atoms with Crippen molar-refractivity contribution < 1.29 is 0 Å². The summed E-state index contributed by atoms with van der Waals surface area (Å²) in [6.07, 6.45) is 10.4. The first-order valence-corrected chi connectivity index (χ1v) is 26.9. The summed E-state index contributed by atoms with van der Waals surface area (Å²) in [5.74, 6) is 0. The maximum absolute atomic E-state index is 2.19. The second-order valence-corrected chi connectivity index (χ2v) is 18.5. The quantitative estimate of drug-likeness (QED) is 0.142. The van der Waals surface area contributed by atoms with Crippen LogP contribution < -0.4 is 0 Å². The highest BCUT2D eigenvalue weighted by molar-refractivity contribution is 5.79. The molecule has 78 heavy (non-hydrogen) atoms. The molecule has 0 saturated heterocycles. The lowest BCUT2D eigenvalue weighted by Crippen LogP contribution is -1.86. The van der Waals surface area contributed by atoms with Crippen LogP contribution in [0.5, 0.6) is 0 Å². The first kappa shape index (κ1) is 57.9. The van der Waals surface area contributed by atoms with Crippen LogP contribution in [0.1, 0.15) is 59.7 Å². The van der Waals surface area contributed by atoms with Crippen molar-refractivity contribution in [3.63, 3.8) is 0 Å². The molecule has 0 bridgehead atoms. The van der Waals surface area contributed by atoms with Gasteiger partial charge in [-0.15, -0.1) is 0 Å². The number of hydrogen-bond donors (Lipinski definition) is 0. The van der Waals surface area contributed by atoms with Crippen LogP contribution in [0, 0.1) is 20.8 Å². The van der Waals surface area contributed by atoms with Crippen molar-refractivity contribution in [1.29, 1.82) is 0 Å². The van der Waals surface area contributed by atoms with Gasteiger partial charge in [-0.1, -0.05) is 356 Å². The third-order valence-corrected chi connectivity index (χ3v) is 12.5. The molecule has 11 aromatic rings. The van der Waals surface area contributed by atoms with Gasteiger partial charge in [-0.25, -0.2) is 0 Å². The summed E-state index contributed by atoms with van der Waals surface area (Å²) < 4.78 is 0. The highest BCUT2D eigenvalue weighted by Gasteiger charge is 2.03. The highest BCUT2D eigenvalue weighted by Crippen LogP contribution is 2.26. The molecule has 0 heterocycles. The molecule has 0 amide bonds. The molecular weight excluding hydrogens is 937 g/mol. The lowest BCUT2D eigenvalue weighted by atomic mass is 9.98. The van der Waals surface area contributed by atoms with Crippen molar-refractivity contribution in [2.75, 3.05) is 0 Å². The van der Waals surface area contributed by atoms with Crippen LogP contribution in [0.2, 0.25) is 0 Å². The minimum atomic E-state index is 1.25. The van der Waals surface area contributed by atoms with E-state index in [0.29, 0.717) is 0 Å². The van der Waals surface area contributed by atoms with Crippen LogP contribution in [0.25, 0.3) is 62.2 Å². The van der Waals surface area contributed by atoms with Crippen molar-refractivity contribution in [3.8, 4) is 44.5 Å². The SMILES string of the molecule is C/C=C/c1ccc(-c2ccccc2)cc1.C/C=C/c1ccccc1.CC=C(c1ccccc1)c1ccccc1.Cc1ccc(-c2ccc(-c3ccccc3)cc2)cc1.Cc1ccc(-c2ccccc2)cc1.Cc1ccccc1. The van der Waals surface area contributed by atoms with Gasteiger partial charge in [-0.3, -0.25) is 0 Å². The minimum absolute atomic E-state index is 1.25. The molecule has 0 fully saturated rings. The predicted octanol–water partition coefficient (Wildman–Crippen LogP) is 22.2. The standard InChI is InChI=1S/C19H16.2C15H14.C13H12.C9H10.C7H8/c1-15-7-9-17(10-8-15)19-13-11-18(12-14-19)16-5-3-2-4-6-16;1-2-15(13-9-5-3-6-10-13)14-11-7-4-8-12-14;1-2-6-13-9-11-15(12-10-13)14-7-4-3-5-8-14;1-11-7-9-13(10-8-11)12-5-3-2-4-6-12;1-2-6-9-7-4-3-5-8-9;1-7-5-3-2-4-6-7/h2-14H,1H3;2*2-12H,1H3;2-10H,1H3;2-8H,1H3;2-6H,1H3/b;;6-2+;;6-2+;. The average Bonchev–Trinajstić information content (AvgIpc) is 3.51. The first-order chi connectivity index (χ1) is 38.3. The number of benzene rings is 11. The maximum atomic E-state index is 2.19. The van der Waals surface area contributed by atoms with E-state index >= 15 is 0 Å². The number of rotatable bonds is 8. The van der Waals surface area contributed by atoms with Crippen LogP contribution in [-0.4, -0.2) is 0 Å². The second kappa shape index (κ2) is 33.5. The number of hydrogen-bond acceptors (Lipinski definition) is 0. The fraction of sp³-hybridized carbons (Fsp3) is 0.0769. The van der Waals surface area contributed by atoms with E-state index in [2.05, 4.69) is 295 Å². The zero-order chi connectivity index (χ0) is 54.8. The molecule has 11 aromatic carbocycles. The summed E-state index contributed by atoms with van der Waals surface area (Å²) in [5, 5.41) is 0. The fourth-order valence-electron chi connectivity index (χ4n) is 8.24. The molecule has 0 spiro atoms. The van der Waals surface area contributed by atoms with Gasteiger partial charge in [0.1, 0.15) is 0 Å². The third kappa shape index (κ3) is 20.4. The summed E-state index contributed by atoms with van der Waals surface area (Å²) in [6, 6.07) is 107. The van der Waals surface area contributed by atoms with E-state index in [1.165, 1.54) is 89.0 Å². The summed E-state index contributed by atoms with van der Waals surface area (Å²) in [4.78, 5) is 0. The first-order valence-electron chi connectivity index (χ1n) is 26.9. The summed E-state index contributed by atoms with van der Waals surface area (Å²) in [5.41, 5.74) is 20.4. The normalized spacial score (nSPS) is 10.1. The van der Waals surface area contributed by atoms with Gasteiger partial charge in [0.15, 0.2) is 0 Å². The van der Waals surface area contributed by atoms with Gasteiger partial charge in [0.2, 0.25) is 0 Å². The molecule has 0 aromatic heterocycles. The van der Waals surface area contributed by atoms with Crippen LogP contribution in [0.4, 0.5) is 0 Å². The van der Waals surface area contributed by atoms with E-state index in [9.17, 15) is 0 Å². The molecule has 0 aliphatic rings. The largest absolute Gasteiger partial charge is 0.0871 e. The molecule has 0 heteroatoms. The molecule has 0 radical (unpaired) electrons. The minimum Gasteiger partial charge on any atom is -0.0871 e. The molecule has 11 rings (SSSR count). The zero-order valence-corrected chi connectivity index (χ0v) is 46.3. The van der Waals surface area contributed by atoms with E-state index < -0.39 is 0 Å². The van der Waals surface area contributed by atoms with Crippen LogP contribution in [0.3, 0.4) is 0 Å². The van der Waals surface area contributed by atoms with Gasteiger partial charge in [-0.2, -0.15) is 0 Å². The summed E-state index contributed by atoms with van der Waals surface area (Å²) in [6.45, 7) is 12.4. The Labute approximate surface area is 467 Å². The number of allylic oxidation sites excluding steroid dienone is 3. The lowest BCUT2D eigenvalue weighted by Gasteiger charge is -2.06. The van der Waals surface area contributed by atoms with Gasteiger partial charge >= 0.3 is 0 Å². The molecule has 0 aliphatic heterocycles.